The van der Waals surface area contributed by atoms with E-state index in [-0.39, 0.29) is 18.1 Å². The number of ether oxygens (including phenoxy) is 1. The van der Waals surface area contributed by atoms with E-state index in [1.165, 1.54) is 0 Å². The number of aliphatic hydroxyl groups excluding tert-OH is 1. The summed E-state index contributed by atoms with van der Waals surface area (Å²) < 4.78 is 5.60. The van der Waals surface area contributed by atoms with Crippen molar-refractivity contribution in [2.75, 3.05) is 31.1 Å². The van der Waals surface area contributed by atoms with Crippen LogP contribution >= 0.6 is 0 Å². The number of aromatic nitrogens is 4. The van der Waals surface area contributed by atoms with Crippen molar-refractivity contribution < 1.29 is 14.6 Å². The average Bonchev–Trinajstić information content (AvgIpc) is 3.27. The predicted molar refractivity (Wildman–Crippen MR) is 133 cm³/mol. The van der Waals surface area contributed by atoms with Crippen LogP contribution in [0.25, 0.3) is 22.3 Å². The Kier molecular flexibility index (Phi) is 6.04. The monoisotopic (exact) mass is 476 g/mol. The first-order valence-electron chi connectivity index (χ1n) is 12.2. The van der Waals surface area contributed by atoms with Gasteiger partial charge >= 0.3 is 6.09 Å². The molecular formula is C26H32N6O3. The van der Waals surface area contributed by atoms with Gasteiger partial charge in [0.2, 0.25) is 0 Å². The number of anilines is 1. The van der Waals surface area contributed by atoms with E-state index in [4.69, 9.17) is 14.7 Å². The quantitative estimate of drug-likeness (QED) is 0.609. The highest BCUT2D eigenvalue weighted by Gasteiger charge is 2.43. The van der Waals surface area contributed by atoms with Gasteiger partial charge in [0.15, 0.2) is 5.82 Å². The molecular weight excluding hydrogens is 444 g/mol. The molecule has 9 nitrogen and oxygen atoms in total. The van der Waals surface area contributed by atoms with Crippen molar-refractivity contribution >= 4 is 22.8 Å². The van der Waals surface area contributed by atoms with Crippen LogP contribution in [0.4, 0.5) is 10.6 Å². The van der Waals surface area contributed by atoms with E-state index in [0.29, 0.717) is 11.5 Å². The number of fused-ring (bicyclic) bond motifs is 1. The number of aliphatic hydroxyl groups is 1. The second-order valence-electron chi connectivity index (χ2n) is 10.6. The summed E-state index contributed by atoms with van der Waals surface area (Å²) >= 11 is 0. The fourth-order valence-electron chi connectivity index (χ4n) is 5.04. The Hall–Kier alpha value is -3.33. The standard InChI is InChI=1S/C26H32N6O3/c1-25(2,3)35-24(34)32-13-8-26(17-32)6-11-31(12-7-26)23-20-14-19(16-33)28-15-21(20)29-22(30-23)18-4-9-27-10-5-18/h4-5,9-10,14-15,33H,6-8,11-13,16-17H2,1-3H3. The van der Waals surface area contributed by atoms with Gasteiger partial charge in [-0.2, -0.15) is 0 Å². The lowest BCUT2D eigenvalue weighted by molar-refractivity contribution is 0.0266. The van der Waals surface area contributed by atoms with E-state index in [1.807, 2.05) is 43.9 Å². The third-order valence-corrected chi connectivity index (χ3v) is 6.93. The Morgan fingerprint density at radius 2 is 1.83 bits per heavy atom. The number of carbonyl (C=O) groups is 1. The summed E-state index contributed by atoms with van der Waals surface area (Å²) in [5.41, 5.74) is 1.86. The molecule has 9 heteroatoms. The number of rotatable bonds is 3. The van der Waals surface area contributed by atoms with Gasteiger partial charge in [-0.15, -0.1) is 0 Å². The zero-order valence-corrected chi connectivity index (χ0v) is 20.6. The first-order valence-corrected chi connectivity index (χ1v) is 12.2. The predicted octanol–water partition coefficient (Wildman–Crippen LogP) is 3.81. The Bertz CT molecular complexity index is 1220. The van der Waals surface area contributed by atoms with Gasteiger partial charge in [0.1, 0.15) is 11.4 Å². The largest absolute Gasteiger partial charge is 0.444 e. The molecule has 0 saturated carbocycles. The maximum absolute atomic E-state index is 12.6. The molecule has 1 amide bonds. The number of hydrogen-bond donors (Lipinski definition) is 1. The molecule has 0 radical (unpaired) electrons. The van der Waals surface area contributed by atoms with Crippen molar-refractivity contribution in [1.82, 2.24) is 24.8 Å². The van der Waals surface area contributed by atoms with Gasteiger partial charge in [0, 0.05) is 49.5 Å². The summed E-state index contributed by atoms with van der Waals surface area (Å²) in [6.45, 7) is 8.72. The number of pyridine rings is 2. The first kappa shape index (κ1) is 23.4. The van der Waals surface area contributed by atoms with E-state index < -0.39 is 5.60 Å². The van der Waals surface area contributed by atoms with E-state index in [0.717, 1.165) is 67.7 Å². The highest BCUT2D eigenvalue weighted by molar-refractivity contribution is 5.91. The summed E-state index contributed by atoms with van der Waals surface area (Å²) in [6.07, 6.45) is 7.89. The molecule has 5 rings (SSSR count). The van der Waals surface area contributed by atoms with Crippen molar-refractivity contribution in [1.29, 1.82) is 0 Å². The number of amides is 1. The molecule has 1 spiro atoms. The molecule has 5 heterocycles. The normalized spacial score (nSPS) is 17.8. The highest BCUT2D eigenvalue weighted by Crippen LogP contribution is 2.42. The molecule has 0 atom stereocenters. The Morgan fingerprint density at radius 1 is 1.11 bits per heavy atom. The SMILES string of the molecule is CC(C)(C)OC(=O)N1CCC2(CCN(c3nc(-c4ccncc4)nc4cnc(CO)cc34)CC2)C1. The van der Waals surface area contributed by atoms with E-state index in [2.05, 4.69) is 14.9 Å². The van der Waals surface area contributed by atoms with Crippen LogP contribution in [0.2, 0.25) is 0 Å². The third kappa shape index (κ3) is 4.91. The van der Waals surface area contributed by atoms with Crippen molar-refractivity contribution in [3.05, 3.63) is 42.5 Å². The molecule has 0 unspecified atom stereocenters. The molecule has 2 saturated heterocycles. The molecule has 35 heavy (non-hydrogen) atoms. The van der Waals surface area contributed by atoms with Gasteiger partial charge in [0.05, 0.1) is 24.0 Å². The molecule has 2 aliphatic rings. The van der Waals surface area contributed by atoms with Gasteiger partial charge in [-0.1, -0.05) is 0 Å². The van der Waals surface area contributed by atoms with Crippen molar-refractivity contribution in [3.63, 3.8) is 0 Å². The summed E-state index contributed by atoms with van der Waals surface area (Å²) in [4.78, 5) is 34.9. The van der Waals surface area contributed by atoms with Crippen LogP contribution < -0.4 is 4.90 Å². The van der Waals surface area contributed by atoms with Crippen molar-refractivity contribution in [3.8, 4) is 11.4 Å². The van der Waals surface area contributed by atoms with Crippen LogP contribution in [0, 0.1) is 5.41 Å². The average molecular weight is 477 g/mol. The lowest BCUT2D eigenvalue weighted by Gasteiger charge is -2.40. The van der Waals surface area contributed by atoms with Gasteiger partial charge in [-0.25, -0.2) is 14.8 Å². The highest BCUT2D eigenvalue weighted by atomic mass is 16.6. The minimum atomic E-state index is -0.487. The minimum Gasteiger partial charge on any atom is -0.444 e. The fraction of sp³-hybridized carbons (Fsp3) is 0.500. The zero-order valence-electron chi connectivity index (χ0n) is 20.6. The number of nitrogens with zero attached hydrogens (tertiary/aromatic N) is 6. The first-order chi connectivity index (χ1) is 16.8. The van der Waals surface area contributed by atoms with E-state index in [9.17, 15) is 9.90 Å². The Morgan fingerprint density at radius 3 is 2.51 bits per heavy atom. The fourth-order valence-corrected chi connectivity index (χ4v) is 5.04. The van der Waals surface area contributed by atoms with Gasteiger partial charge < -0.3 is 19.6 Å². The molecule has 3 aromatic heterocycles. The smallest absolute Gasteiger partial charge is 0.410 e. The van der Waals surface area contributed by atoms with Crippen LogP contribution in [0.3, 0.4) is 0 Å². The lowest BCUT2D eigenvalue weighted by Crippen LogP contribution is -2.43. The van der Waals surface area contributed by atoms with Crippen LogP contribution in [-0.4, -0.2) is 67.8 Å². The molecule has 2 aliphatic heterocycles. The van der Waals surface area contributed by atoms with E-state index >= 15 is 0 Å². The summed E-state index contributed by atoms with van der Waals surface area (Å²) in [5, 5.41) is 10.5. The molecule has 184 valence electrons. The van der Waals surface area contributed by atoms with Crippen LogP contribution in [0.15, 0.2) is 36.8 Å². The van der Waals surface area contributed by atoms with Gasteiger partial charge in [0.25, 0.3) is 0 Å². The van der Waals surface area contributed by atoms with Gasteiger partial charge in [-0.3, -0.25) is 9.97 Å². The molecule has 2 fully saturated rings. The summed E-state index contributed by atoms with van der Waals surface area (Å²) in [5.74, 6) is 1.49. The summed E-state index contributed by atoms with van der Waals surface area (Å²) in [6, 6.07) is 5.68. The molecule has 0 bridgehead atoms. The topological polar surface area (TPSA) is 105 Å². The molecule has 1 N–H and O–H groups in total. The lowest BCUT2D eigenvalue weighted by atomic mass is 9.78. The zero-order chi connectivity index (χ0) is 24.6. The number of piperidine rings is 1. The van der Waals surface area contributed by atoms with Gasteiger partial charge in [-0.05, 0) is 63.6 Å². The number of hydrogen-bond acceptors (Lipinski definition) is 8. The van der Waals surface area contributed by atoms with Crippen molar-refractivity contribution in [2.45, 2.75) is 52.2 Å². The van der Waals surface area contributed by atoms with Crippen LogP contribution in [-0.2, 0) is 11.3 Å². The molecule has 3 aromatic rings. The van der Waals surface area contributed by atoms with Crippen molar-refractivity contribution in [2.24, 2.45) is 5.41 Å². The minimum absolute atomic E-state index is 0.113. The van der Waals surface area contributed by atoms with E-state index in [1.54, 1.807) is 18.6 Å². The molecule has 0 aromatic carbocycles. The second kappa shape index (κ2) is 9.03. The number of likely N-dealkylation sites (tertiary alicyclic amines) is 1. The maximum atomic E-state index is 12.6. The number of carbonyl (C=O) groups excluding carboxylic acids is 1. The Balaban J connectivity index is 1.39. The van der Waals surface area contributed by atoms with Crippen LogP contribution in [0.1, 0.15) is 45.7 Å². The third-order valence-electron chi connectivity index (χ3n) is 6.93. The maximum Gasteiger partial charge on any atom is 0.410 e. The summed E-state index contributed by atoms with van der Waals surface area (Å²) in [7, 11) is 0. The van der Waals surface area contributed by atoms with Crippen LogP contribution in [0.5, 0.6) is 0 Å². The molecule has 0 aliphatic carbocycles. The Labute approximate surface area is 205 Å². The second-order valence-corrected chi connectivity index (χ2v) is 10.6.